The molecule has 0 fully saturated rings. The molecule has 0 atom stereocenters. The molecule has 0 saturated carbocycles. The van der Waals surface area contributed by atoms with Gasteiger partial charge in [0.25, 0.3) is 11.8 Å². The number of hydrogen-bond acceptors (Lipinski definition) is 2. The van der Waals surface area contributed by atoms with Gasteiger partial charge < -0.3 is 11.1 Å². The van der Waals surface area contributed by atoms with E-state index in [0.717, 1.165) is 11.1 Å². The molecule has 3 aromatic rings. The van der Waals surface area contributed by atoms with Gasteiger partial charge in [-0.3, -0.25) is 9.59 Å². The Bertz CT molecular complexity index is 1010. The minimum absolute atomic E-state index is 0.246. The highest BCUT2D eigenvalue weighted by atomic mass is 35.5. The number of carbonyl (C=O) groups is 2. The monoisotopic (exact) mass is 376 g/mol. The molecule has 3 N–H and O–H groups in total. The second-order valence-corrected chi connectivity index (χ2v) is 6.22. The Morgan fingerprint density at radius 3 is 2.19 bits per heavy atom. The van der Waals surface area contributed by atoms with Crippen LogP contribution in [0.4, 0.5) is 5.69 Å². The third-order valence-corrected chi connectivity index (χ3v) is 4.32. The number of nitrogens with two attached hydrogens (primary N) is 1. The quantitative estimate of drug-likeness (QED) is 0.503. The number of primary amides is 1. The Kier molecular flexibility index (Phi) is 5.69. The molecule has 3 aromatic carbocycles. The number of rotatable bonds is 5. The van der Waals surface area contributed by atoms with Crippen LogP contribution in [0, 0.1) is 0 Å². The van der Waals surface area contributed by atoms with Gasteiger partial charge in [0.05, 0.1) is 11.3 Å². The highest BCUT2D eigenvalue weighted by Crippen LogP contribution is 2.25. The summed E-state index contributed by atoms with van der Waals surface area (Å²) >= 11 is 6.25. The first-order chi connectivity index (χ1) is 13.1. The predicted molar refractivity (Wildman–Crippen MR) is 109 cm³/mol. The first kappa shape index (κ1) is 18.4. The van der Waals surface area contributed by atoms with Crippen molar-refractivity contribution in [3.05, 3.63) is 101 Å². The van der Waals surface area contributed by atoms with E-state index in [2.05, 4.69) is 5.32 Å². The van der Waals surface area contributed by atoms with Gasteiger partial charge in [-0.15, -0.1) is 0 Å². The minimum Gasteiger partial charge on any atom is -0.366 e. The van der Waals surface area contributed by atoms with Crippen LogP contribution < -0.4 is 11.1 Å². The van der Waals surface area contributed by atoms with E-state index in [0.29, 0.717) is 16.3 Å². The highest BCUT2D eigenvalue weighted by Gasteiger charge is 2.16. The fraction of sp³-hybridized carbons (Fsp3) is 0. The molecule has 0 aromatic heterocycles. The molecule has 0 saturated heterocycles. The summed E-state index contributed by atoms with van der Waals surface area (Å²) in [5.74, 6) is -0.975. The number of hydrogen-bond donors (Lipinski definition) is 2. The zero-order chi connectivity index (χ0) is 19.2. The number of halogens is 1. The lowest BCUT2D eigenvalue weighted by molar-refractivity contribution is -0.111. The van der Waals surface area contributed by atoms with Crippen LogP contribution in [-0.2, 0) is 4.79 Å². The molecule has 27 heavy (non-hydrogen) atoms. The van der Waals surface area contributed by atoms with E-state index in [1.165, 1.54) is 0 Å². The number of benzene rings is 3. The Morgan fingerprint density at radius 1 is 0.852 bits per heavy atom. The fourth-order valence-corrected chi connectivity index (χ4v) is 2.83. The van der Waals surface area contributed by atoms with Crippen molar-refractivity contribution in [2.45, 2.75) is 0 Å². The van der Waals surface area contributed by atoms with Gasteiger partial charge in [-0.1, -0.05) is 72.3 Å². The average molecular weight is 377 g/mol. The summed E-state index contributed by atoms with van der Waals surface area (Å²) in [6.07, 6.45) is 1.72. The van der Waals surface area contributed by atoms with Crippen molar-refractivity contribution in [3.63, 3.8) is 0 Å². The zero-order valence-corrected chi connectivity index (χ0v) is 15.1. The van der Waals surface area contributed by atoms with E-state index in [9.17, 15) is 9.59 Å². The lowest BCUT2D eigenvalue weighted by Crippen LogP contribution is -2.19. The van der Waals surface area contributed by atoms with Crippen LogP contribution in [0.15, 0.2) is 78.9 Å². The molecule has 0 aliphatic rings. The Hall–Kier alpha value is -3.37. The van der Waals surface area contributed by atoms with Crippen molar-refractivity contribution < 1.29 is 9.59 Å². The summed E-state index contributed by atoms with van der Waals surface area (Å²) in [6, 6.07) is 23.1. The van der Waals surface area contributed by atoms with Gasteiger partial charge in [-0.2, -0.15) is 0 Å². The van der Waals surface area contributed by atoms with Gasteiger partial charge in [0.1, 0.15) is 0 Å². The van der Waals surface area contributed by atoms with E-state index >= 15 is 0 Å². The summed E-state index contributed by atoms with van der Waals surface area (Å²) in [4.78, 5) is 24.6. The van der Waals surface area contributed by atoms with Crippen LogP contribution in [0.3, 0.4) is 0 Å². The molecule has 2 amide bonds. The summed E-state index contributed by atoms with van der Waals surface area (Å²) in [6.45, 7) is 0. The van der Waals surface area contributed by atoms with Crippen molar-refractivity contribution in [2.75, 3.05) is 5.32 Å². The molecule has 0 spiro atoms. The van der Waals surface area contributed by atoms with Crippen LogP contribution in [0.2, 0.25) is 5.02 Å². The lowest BCUT2D eigenvalue weighted by atomic mass is 10.0. The number of carbonyl (C=O) groups excluding carboxylic acids is 2. The lowest BCUT2D eigenvalue weighted by Gasteiger charge is -2.12. The summed E-state index contributed by atoms with van der Waals surface area (Å²) in [5.41, 5.74) is 7.87. The molecule has 0 bridgehead atoms. The molecule has 0 heterocycles. The summed E-state index contributed by atoms with van der Waals surface area (Å²) < 4.78 is 0. The van der Waals surface area contributed by atoms with Crippen molar-refractivity contribution in [1.82, 2.24) is 0 Å². The average Bonchev–Trinajstić information content (AvgIpc) is 2.68. The molecule has 0 aliphatic carbocycles. The molecule has 134 valence electrons. The van der Waals surface area contributed by atoms with Gasteiger partial charge in [0, 0.05) is 10.6 Å². The number of amides is 2. The number of anilines is 1. The second-order valence-electron chi connectivity index (χ2n) is 5.81. The van der Waals surface area contributed by atoms with Gasteiger partial charge in [0.2, 0.25) is 0 Å². The van der Waals surface area contributed by atoms with E-state index in [1.807, 2.05) is 48.5 Å². The molecule has 0 aliphatic heterocycles. The topological polar surface area (TPSA) is 72.2 Å². The zero-order valence-electron chi connectivity index (χ0n) is 14.4. The molecule has 3 rings (SSSR count). The van der Waals surface area contributed by atoms with Crippen molar-refractivity contribution in [2.24, 2.45) is 5.73 Å². The fourth-order valence-electron chi connectivity index (χ4n) is 2.64. The Labute approximate surface area is 162 Å². The van der Waals surface area contributed by atoms with Crippen LogP contribution >= 0.6 is 11.6 Å². The van der Waals surface area contributed by atoms with Gasteiger partial charge in [0.15, 0.2) is 0 Å². The van der Waals surface area contributed by atoms with E-state index in [-0.39, 0.29) is 11.5 Å². The summed E-state index contributed by atoms with van der Waals surface area (Å²) in [5, 5.41) is 3.32. The third-order valence-electron chi connectivity index (χ3n) is 3.98. The van der Waals surface area contributed by atoms with E-state index < -0.39 is 5.91 Å². The Balaban J connectivity index is 2.03. The molecule has 4 nitrogen and oxygen atoms in total. The normalized spacial score (nSPS) is 11.1. The maximum Gasteiger partial charge on any atom is 0.256 e. The highest BCUT2D eigenvalue weighted by molar-refractivity contribution is 6.34. The van der Waals surface area contributed by atoms with Crippen molar-refractivity contribution in [3.8, 4) is 0 Å². The Morgan fingerprint density at radius 2 is 1.48 bits per heavy atom. The van der Waals surface area contributed by atoms with Gasteiger partial charge in [-0.25, -0.2) is 0 Å². The molecular weight excluding hydrogens is 360 g/mol. The van der Waals surface area contributed by atoms with Crippen LogP contribution in [-0.4, -0.2) is 11.8 Å². The first-order valence-electron chi connectivity index (χ1n) is 8.28. The predicted octanol–water partition coefficient (Wildman–Crippen LogP) is 4.62. The molecule has 0 unspecified atom stereocenters. The third kappa shape index (κ3) is 4.43. The van der Waals surface area contributed by atoms with Crippen LogP contribution in [0.1, 0.15) is 21.5 Å². The van der Waals surface area contributed by atoms with Crippen LogP contribution in [0.5, 0.6) is 0 Å². The SMILES string of the molecule is NC(=O)c1ccccc1NC(=O)/C(=C/c1ccccc1Cl)c1ccccc1. The van der Waals surface area contributed by atoms with Crippen molar-refractivity contribution in [1.29, 1.82) is 0 Å². The first-order valence-corrected chi connectivity index (χ1v) is 8.66. The number of nitrogens with one attached hydrogen (secondary N) is 1. The maximum atomic E-state index is 13.0. The standard InChI is InChI=1S/C22H17ClN2O2/c23-19-12-6-4-10-16(19)14-18(15-8-2-1-3-9-15)22(27)25-20-13-7-5-11-17(20)21(24)26/h1-14H,(H2,24,26)(H,25,27)/b18-14+. The number of para-hydroxylation sites is 1. The molecule has 0 radical (unpaired) electrons. The van der Waals surface area contributed by atoms with Crippen LogP contribution in [0.25, 0.3) is 11.6 Å². The minimum atomic E-state index is -0.609. The van der Waals surface area contributed by atoms with Gasteiger partial charge in [-0.05, 0) is 35.4 Å². The summed E-state index contributed by atoms with van der Waals surface area (Å²) in [7, 11) is 0. The molecular formula is C22H17ClN2O2. The largest absolute Gasteiger partial charge is 0.366 e. The van der Waals surface area contributed by atoms with Crippen molar-refractivity contribution >= 4 is 40.8 Å². The smallest absolute Gasteiger partial charge is 0.256 e. The second kappa shape index (κ2) is 8.34. The van der Waals surface area contributed by atoms with E-state index in [1.54, 1.807) is 36.4 Å². The van der Waals surface area contributed by atoms with Gasteiger partial charge >= 0.3 is 0 Å². The van der Waals surface area contributed by atoms with E-state index in [4.69, 9.17) is 17.3 Å². The molecule has 5 heteroatoms. The maximum absolute atomic E-state index is 13.0.